The van der Waals surface area contributed by atoms with E-state index in [9.17, 15) is 14.0 Å². The summed E-state index contributed by atoms with van der Waals surface area (Å²) in [5.74, 6) is 0.0488. The van der Waals surface area contributed by atoms with Gasteiger partial charge >= 0.3 is 0 Å². The summed E-state index contributed by atoms with van der Waals surface area (Å²) in [4.78, 5) is 30.0. The summed E-state index contributed by atoms with van der Waals surface area (Å²) in [6.45, 7) is 4.89. The molecule has 0 spiro atoms. The van der Waals surface area contributed by atoms with E-state index in [1.54, 1.807) is 6.07 Å². The monoisotopic (exact) mass is 374 g/mol. The SMILES string of the molecule is Cc1c(C(=O)N2CCC(C(=O)N3CCCC3)CC2)sc2ccc(F)cc12. The predicted molar refractivity (Wildman–Crippen MR) is 101 cm³/mol. The molecule has 0 radical (unpaired) electrons. The Morgan fingerprint density at radius 1 is 1.08 bits per heavy atom. The van der Waals surface area contributed by atoms with Crippen LogP contribution in [0, 0.1) is 18.7 Å². The quantitative estimate of drug-likeness (QED) is 0.802. The number of carbonyl (C=O) groups excluding carboxylic acids is 2. The second-order valence-electron chi connectivity index (χ2n) is 7.30. The maximum atomic E-state index is 13.5. The first kappa shape index (κ1) is 17.5. The van der Waals surface area contributed by atoms with Crippen molar-refractivity contribution in [3.8, 4) is 0 Å². The topological polar surface area (TPSA) is 40.6 Å². The van der Waals surface area contributed by atoms with Gasteiger partial charge in [-0.3, -0.25) is 9.59 Å². The maximum Gasteiger partial charge on any atom is 0.264 e. The minimum Gasteiger partial charge on any atom is -0.342 e. The van der Waals surface area contributed by atoms with E-state index in [4.69, 9.17) is 0 Å². The molecule has 0 atom stereocenters. The van der Waals surface area contributed by atoms with E-state index < -0.39 is 0 Å². The Labute approximate surface area is 156 Å². The molecule has 0 N–H and O–H groups in total. The number of hydrogen-bond acceptors (Lipinski definition) is 3. The van der Waals surface area contributed by atoms with Crippen molar-refractivity contribution in [3.05, 3.63) is 34.5 Å². The zero-order valence-electron chi connectivity index (χ0n) is 15.0. The molecule has 0 unspecified atom stereocenters. The van der Waals surface area contributed by atoms with Crippen LogP contribution in [0.1, 0.15) is 40.9 Å². The fourth-order valence-electron chi connectivity index (χ4n) is 4.07. The maximum absolute atomic E-state index is 13.5. The first-order valence-electron chi connectivity index (χ1n) is 9.31. The summed E-state index contributed by atoms with van der Waals surface area (Å²) in [6, 6.07) is 4.67. The van der Waals surface area contributed by atoms with Gasteiger partial charge in [-0.2, -0.15) is 0 Å². The van der Waals surface area contributed by atoms with Crippen LogP contribution in [0.3, 0.4) is 0 Å². The molecule has 1 aromatic heterocycles. The molecule has 2 aliphatic rings. The Morgan fingerprint density at radius 2 is 1.77 bits per heavy atom. The number of fused-ring (bicyclic) bond motifs is 1. The molecule has 4 nitrogen and oxygen atoms in total. The van der Waals surface area contributed by atoms with Gasteiger partial charge in [0.15, 0.2) is 0 Å². The predicted octanol–water partition coefficient (Wildman–Crippen LogP) is 3.82. The van der Waals surface area contributed by atoms with E-state index >= 15 is 0 Å². The lowest BCUT2D eigenvalue weighted by molar-refractivity contribution is -0.135. The minimum atomic E-state index is -0.279. The number of likely N-dealkylation sites (tertiary alicyclic amines) is 2. The molecule has 2 fully saturated rings. The Morgan fingerprint density at radius 3 is 2.46 bits per heavy atom. The number of aryl methyl sites for hydroxylation is 1. The Bertz CT molecular complexity index is 849. The third-order valence-electron chi connectivity index (χ3n) is 5.64. The second-order valence-corrected chi connectivity index (χ2v) is 8.35. The summed E-state index contributed by atoms with van der Waals surface area (Å²) >= 11 is 1.43. The summed E-state index contributed by atoms with van der Waals surface area (Å²) in [5, 5.41) is 0.817. The molecule has 138 valence electrons. The molecule has 4 rings (SSSR count). The van der Waals surface area contributed by atoms with E-state index in [1.165, 1.54) is 23.5 Å². The lowest BCUT2D eigenvalue weighted by atomic mass is 9.95. The molecule has 2 aromatic rings. The largest absolute Gasteiger partial charge is 0.342 e. The molecule has 0 saturated carbocycles. The van der Waals surface area contributed by atoms with E-state index in [-0.39, 0.29) is 23.5 Å². The molecule has 0 bridgehead atoms. The summed E-state index contributed by atoms with van der Waals surface area (Å²) < 4.78 is 14.4. The fraction of sp³-hybridized carbons (Fsp3) is 0.500. The second kappa shape index (κ2) is 6.99. The Hall–Kier alpha value is -1.95. The summed E-state index contributed by atoms with van der Waals surface area (Å²) in [6.07, 6.45) is 3.68. The van der Waals surface area contributed by atoms with Crippen molar-refractivity contribution in [2.45, 2.75) is 32.6 Å². The molecule has 2 saturated heterocycles. The van der Waals surface area contributed by atoms with Crippen molar-refractivity contribution < 1.29 is 14.0 Å². The average molecular weight is 374 g/mol. The number of carbonyl (C=O) groups is 2. The fourth-order valence-corrected chi connectivity index (χ4v) is 5.22. The van der Waals surface area contributed by atoms with Gasteiger partial charge in [-0.05, 0) is 61.8 Å². The number of piperidine rings is 1. The number of rotatable bonds is 2. The molecule has 6 heteroatoms. The van der Waals surface area contributed by atoms with E-state index in [2.05, 4.69) is 0 Å². The van der Waals surface area contributed by atoms with Crippen LogP contribution < -0.4 is 0 Å². The third kappa shape index (κ3) is 3.11. The molecule has 1 aromatic carbocycles. The summed E-state index contributed by atoms with van der Waals surface area (Å²) in [5.41, 5.74) is 0.852. The van der Waals surface area contributed by atoms with Crippen molar-refractivity contribution in [1.82, 2.24) is 9.80 Å². The zero-order chi connectivity index (χ0) is 18.3. The Balaban J connectivity index is 1.45. The highest BCUT2D eigenvalue weighted by Crippen LogP contribution is 2.33. The van der Waals surface area contributed by atoms with E-state index in [0.717, 1.165) is 54.4 Å². The van der Waals surface area contributed by atoms with Crippen LogP contribution in [0.2, 0.25) is 0 Å². The van der Waals surface area contributed by atoms with E-state index in [1.807, 2.05) is 16.7 Å². The molecule has 26 heavy (non-hydrogen) atoms. The van der Waals surface area contributed by atoms with Crippen LogP contribution in [0.15, 0.2) is 18.2 Å². The van der Waals surface area contributed by atoms with Crippen LogP contribution in [-0.2, 0) is 4.79 Å². The number of halogens is 1. The van der Waals surface area contributed by atoms with Gasteiger partial charge in [0.1, 0.15) is 5.82 Å². The highest BCUT2D eigenvalue weighted by Gasteiger charge is 2.32. The Kier molecular flexibility index (Phi) is 4.69. The van der Waals surface area contributed by atoms with Gasteiger partial charge in [0, 0.05) is 36.8 Å². The van der Waals surface area contributed by atoms with Crippen molar-refractivity contribution in [1.29, 1.82) is 0 Å². The number of thiophene rings is 1. The molecule has 3 heterocycles. The summed E-state index contributed by atoms with van der Waals surface area (Å²) in [7, 11) is 0. The van der Waals surface area contributed by atoms with Crippen molar-refractivity contribution in [3.63, 3.8) is 0 Å². The van der Waals surface area contributed by atoms with Crippen LogP contribution in [0.25, 0.3) is 10.1 Å². The number of amides is 2. The van der Waals surface area contributed by atoms with Crippen molar-refractivity contribution >= 4 is 33.2 Å². The first-order chi connectivity index (χ1) is 12.5. The van der Waals surface area contributed by atoms with Crippen LogP contribution in [-0.4, -0.2) is 47.8 Å². The van der Waals surface area contributed by atoms with Crippen LogP contribution in [0.5, 0.6) is 0 Å². The molecular formula is C20H23FN2O2S. The van der Waals surface area contributed by atoms with Crippen molar-refractivity contribution in [2.75, 3.05) is 26.2 Å². The molecule has 0 aliphatic carbocycles. The van der Waals surface area contributed by atoms with Gasteiger partial charge in [-0.25, -0.2) is 4.39 Å². The zero-order valence-corrected chi connectivity index (χ0v) is 15.8. The molecule has 2 aliphatic heterocycles. The normalized spacial score (nSPS) is 18.7. The van der Waals surface area contributed by atoms with Gasteiger partial charge in [-0.1, -0.05) is 0 Å². The lowest BCUT2D eigenvalue weighted by Crippen LogP contribution is -2.43. The van der Waals surface area contributed by atoms with E-state index in [0.29, 0.717) is 18.0 Å². The smallest absolute Gasteiger partial charge is 0.264 e. The molecular weight excluding hydrogens is 351 g/mol. The first-order valence-corrected chi connectivity index (χ1v) is 10.1. The number of nitrogens with zero attached hydrogens (tertiary/aromatic N) is 2. The highest BCUT2D eigenvalue weighted by molar-refractivity contribution is 7.21. The number of hydrogen-bond donors (Lipinski definition) is 0. The third-order valence-corrected chi connectivity index (χ3v) is 6.90. The molecule has 2 amide bonds. The number of benzene rings is 1. The van der Waals surface area contributed by atoms with Gasteiger partial charge in [0.2, 0.25) is 5.91 Å². The van der Waals surface area contributed by atoms with Gasteiger partial charge in [0.25, 0.3) is 5.91 Å². The van der Waals surface area contributed by atoms with Crippen LogP contribution in [0.4, 0.5) is 4.39 Å². The standard InChI is InChI=1S/C20H23FN2O2S/c1-13-16-12-15(21)4-5-17(16)26-18(13)20(25)23-10-6-14(7-11-23)19(24)22-8-2-3-9-22/h4-5,12,14H,2-3,6-11H2,1H3. The van der Waals surface area contributed by atoms with Gasteiger partial charge < -0.3 is 9.80 Å². The average Bonchev–Trinajstić information content (AvgIpc) is 3.30. The van der Waals surface area contributed by atoms with Gasteiger partial charge in [-0.15, -0.1) is 11.3 Å². The van der Waals surface area contributed by atoms with Crippen LogP contribution >= 0.6 is 11.3 Å². The minimum absolute atomic E-state index is 0.0104. The highest BCUT2D eigenvalue weighted by atomic mass is 32.1. The van der Waals surface area contributed by atoms with Gasteiger partial charge in [0.05, 0.1) is 4.88 Å². The van der Waals surface area contributed by atoms with Crippen molar-refractivity contribution in [2.24, 2.45) is 5.92 Å². The lowest BCUT2D eigenvalue weighted by Gasteiger charge is -2.33.